The monoisotopic (exact) mass is 239 g/mol. The second kappa shape index (κ2) is 4.88. The summed E-state index contributed by atoms with van der Waals surface area (Å²) in [5.74, 6) is 0.0310. The lowest BCUT2D eigenvalue weighted by Gasteiger charge is -2.28. The number of nitrogens with one attached hydrogen (secondary N) is 1. The largest absolute Gasteiger partial charge is 0.347 e. The molecule has 2 nitrogen and oxygen atoms in total. The third-order valence-corrected chi connectivity index (χ3v) is 2.74. The van der Waals surface area contributed by atoms with Crippen LogP contribution in [-0.2, 0) is 10.3 Å². The summed E-state index contributed by atoms with van der Waals surface area (Å²) in [5, 5.41) is 3.69. The fraction of sp³-hybridized carbons (Fsp3) is 0.462. The van der Waals surface area contributed by atoms with Crippen LogP contribution in [0.2, 0.25) is 5.02 Å². The first-order valence-corrected chi connectivity index (χ1v) is 5.79. The Balaban J connectivity index is 2.89. The minimum atomic E-state index is -0.397. The van der Waals surface area contributed by atoms with Crippen LogP contribution in [-0.4, -0.2) is 5.91 Å². The number of hydrogen-bond donors (Lipinski definition) is 1. The van der Waals surface area contributed by atoms with E-state index in [0.29, 0.717) is 5.02 Å². The van der Waals surface area contributed by atoms with Gasteiger partial charge in [-0.3, -0.25) is 4.79 Å². The Bertz CT molecular complexity index is 385. The molecule has 1 amide bonds. The number of hydrogen-bond acceptors (Lipinski definition) is 1. The number of benzene rings is 1. The molecular weight excluding hydrogens is 222 g/mol. The highest BCUT2D eigenvalue weighted by Gasteiger charge is 2.23. The van der Waals surface area contributed by atoms with Crippen LogP contribution < -0.4 is 5.32 Å². The van der Waals surface area contributed by atoms with E-state index < -0.39 is 5.54 Å². The molecule has 1 N–H and O–H groups in total. The highest BCUT2D eigenvalue weighted by molar-refractivity contribution is 6.30. The Morgan fingerprint density at radius 3 is 2.50 bits per heavy atom. The Kier molecular flexibility index (Phi) is 3.98. The molecule has 0 aromatic heterocycles. The van der Waals surface area contributed by atoms with Crippen molar-refractivity contribution in [2.75, 3.05) is 0 Å². The van der Waals surface area contributed by atoms with Crippen molar-refractivity contribution >= 4 is 17.5 Å². The second-order valence-electron chi connectivity index (χ2n) is 4.78. The van der Waals surface area contributed by atoms with Gasteiger partial charge in [-0.2, -0.15) is 0 Å². The van der Waals surface area contributed by atoms with Gasteiger partial charge in [0.1, 0.15) is 0 Å². The maximum atomic E-state index is 11.7. The molecule has 16 heavy (non-hydrogen) atoms. The maximum absolute atomic E-state index is 11.7. The van der Waals surface area contributed by atoms with Gasteiger partial charge < -0.3 is 5.32 Å². The predicted molar refractivity (Wildman–Crippen MR) is 67.5 cm³/mol. The average Bonchev–Trinajstić information content (AvgIpc) is 2.17. The van der Waals surface area contributed by atoms with Crippen molar-refractivity contribution in [1.29, 1.82) is 0 Å². The lowest BCUT2D eigenvalue weighted by atomic mass is 9.93. The minimum absolute atomic E-state index is 0.0153. The molecule has 0 saturated heterocycles. The Morgan fingerprint density at radius 1 is 1.38 bits per heavy atom. The van der Waals surface area contributed by atoms with Gasteiger partial charge in [0.15, 0.2) is 0 Å². The smallest absolute Gasteiger partial charge is 0.223 e. The Labute approximate surface area is 102 Å². The van der Waals surface area contributed by atoms with Crippen molar-refractivity contribution in [2.45, 2.75) is 33.2 Å². The molecule has 0 aliphatic heterocycles. The molecule has 0 heterocycles. The fourth-order valence-corrected chi connectivity index (χ4v) is 1.59. The van der Waals surface area contributed by atoms with Crippen LogP contribution in [0.3, 0.4) is 0 Å². The number of rotatable bonds is 3. The first kappa shape index (κ1) is 13.0. The maximum Gasteiger partial charge on any atom is 0.223 e. The zero-order valence-electron chi connectivity index (χ0n) is 10.2. The number of carbonyl (C=O) groups excluding carboxylic acids is 1. The van der Waals surface area contributed by atoms with E-state index in [1.807, 2.05) is 52.0 Å². The summed E-state index contributed by atoms with van der Waals surface area (Å²) in [6.45, 7) is 7.70. The van der Waals surface area contributed by atoms with Gasteiger partial charge in [-0.1, -0.05) is 37.6 Å². The van der Waals surface area contributed by atoms with E-state index in [4.69, 9.17) is 11.6 Å². The molecular formula is C13H18ClNO. The molecule has 1 aromatic carbocycles. The van der Waals surface area contributed by atoms with E-state index in [-0.39, 0.29) is 11.8 Å². The highest BCUT2D eigenvalue weighted by atomic mass is 35.5. The topological polar surface area (TPSA) is 29.1 Å². The number of carbonyl (C=O) groups is 1. The molecule has 0 spiro atoms. The van der Waals surface area contributed by atoms with E-state index in [1.165, 1.54) is 0 Å². The van der Waals surface area contributed by atoms with E-state index in [1.54, 1.807) is 0 Å². The van der Waals surface area contributed by atoms with Crippen molar-refractivity contribution in [3.63, 3.8) is 0 Å². The molecule has 0 unspecified atom stereocenters. The summed E-state index contributed by atoms with van der Waals surface area (Å²) in [6, 6.07) is 7.56. The van der Waals surface area contributed by atoms with Crippen LogP contribution in [0.15, 0.2) is 24.3 Å². The van der Waals surface area contributed by atoms with Gasteiger partial charge in [0.05, 0.1) is 5.54 Å². The molecule has 0 radical (unpaired) electrons. The van der Waals surface area contributed by atoms with Crippen LogP contribution in [0.4, 0.5) is 0 Å². The van der Waals surface area contributed by atoms with E-state index in [9.17, 15) is 4.79 Å². The summed E-state index contributed by atoms with van der Waals surface area (Å²) in [5.41, 5.74) is 0.612. The standard InChI is InChI=1S/C13H18ClNO/c1-9(2)12(16)15-13(3,4)10-6-5-7-11(14)8-10/h5-9H,1-4H3,(H,15,16). The normalized spacial score (nSPS) is 11.6. The molecule has 1 rings (SSSR count). The summed E-state index contributed by atoms with van der Waals surface area (Å²) < 4.78 is 0. The molecule has 0 atom stereocenters. The van der Waals surface area contributed by atoms with Crippen LogP contribution in [0.1, 0.15) is 33.3 Å². The van der Waals surface area contributed by atoms with Gasteiger partial charge in [0, 0.05) is 10.9 Å². The first-order valence-electron chi connectivity index (χ1n) is 5.41. The van der Waals surface area contributed by atoms with Crippen molar-refractivity contribution in [1.82, 2.24) is 5.32 Å². The SMILES string of the molecule is CC(C)C(=O)NC(C)(C)c1cccc(Cl)c1. The van der Waals surface area contributed by atoms with Crippen molar-refractivity contribution < 1.29 is 4.79 Å². The van der Waals surface area contributed by atoms with Gasteiger partial charge in [-0.05, 0) is 31.5 Å². The van der Waals surface area contributed by atoms with Crippen LogP contribution in [0.5, 0.6) is 0 Å². The van der Waals surface area contributed by atoms with Crippen LogP contribution in [0.25, 0.3) is 0 Å². The number of halogens is 1. The van der Waals surface area contributed by atoms with E-state index in [2.05, 4.69) is 5.32 Å². The zero-order valence-corrected chi connectivity index (χ0v) is 10.9. The van der Waals surface area contributed by atoms with Crippen molar-refractivity contribution in [2.24, 2.45) is 5.92 Å². The van der Waals surface area contributed by atoms with Gasteiger partial charge in [0.25, 0.3) is 0 Å². The van der Waals surface area contributed by atoms with Crippen LogP contribution in [0, 0.1) is 5.92 Å². The molecule has 0 saturated carbocycles. The molecule has 1 aromatic rings. The highest BCUT2D eigenvalue weighted by Crippen LogP contribution is 2.23. The number of amides is 1. The van der Waals surface area contributed by atoms with E-state index in [0.717, 1.165) is 5.56 Å². The Hall–Kier alpha value is -1.02. The third kappa shape index (κ3) is 3.24. The van der Waals surface area contributed by atoms with Gasteiger partial charge in [-0.15, -0.1) is 0 Å². The van der Waals surface area contributed by atoms with E-state index >= 15 is 0 Å². The fourth-order valence-electron chi connectivity index (χ4n) is 1.40. The van der Waals surface area contributed by atoms with Crippen molar-refractivity contribution in [3.8, 4) is 0 Å². The molecule has 3 heteroatoms. The summed E-state index contributed by atoms with van der Waals surface area (Å²) in [6.07, 6.45) is 0. The molecule has 0 aliphatic carbocycles. The summed E-state index contributed by atoms with van der Waals surface area (Å²) in [4.78, 5) is 11.7. The van der Waals surface area contributed by atoms with Crippen LogP contribution >= 0.6 is 11.6 Å². The first-order chi connectivity index (χ1) is 7.33. The Morgan fingerprint density at radius 2 is 2.00 bits per heavy atom. The lowest BCUT2D eigenvalue weighted by molar-refractivity contribution is -0.125. The summed E-state index contributed by atoms with van der Waals surface area (Å²) in [7, 11) is 0. The van der Waals surface area contributed by atoms with Gasteiger partial charge >= 0.3 is 0 Å². The third-order valence-electron chi connectivity index (χ3n) is 2.51. The summed E-state index contributed by atoms with van der Waals surface area (Å²) >= 11 is 5.94. The second-order valence-corrected chi connectivity index (χ2v) is 5.22. The molecule has 88 valence electrons. The zero-order chi connectivity index (χ0) is 12.3. The van der Waals surface area contributed by atoms with Gasteiger partial charge in [-0.25, -0.2) is 0 Å². The lowest BCUT2D eigenvalue weighted by Crippen LogP contribution is -2.42. The quantitative estimate of drug-likeness (QED) is 0.861. The molecule has 0 aliphatic rings. The molecule has 0 fully saturated rings. The average molecular weight is 240 g/mol. The van der Waals surface area contributed by atoms with Gasteiger partial charge in [0.2, 0.25) is 5.91 Å². The molecule has 0 bridgehead atoms. The minimum Gasteiger partial charge on any atom is -0.347 e. The van der Waals surface area contributed by atoms with Crippen molar-refractivity contribution in [3.05, 3.63) is 34.9 Å². The predicted octanol–water partition coefficient (Wildman–Crippen LogP) is 3.35.